The van der Waals surface area contributed by atoms with E-state index in [1.807, 2.05) is 18.2 Å². The number of hydrogen-bond donors (Lipinski definition) is 1. The molecule has 0 saturated carbocycles. The van der Waals surface area contributed by atoms with E-state index in [0.717, 1.165) is 26.5 Å². The molecule has 0 aliphatic carbocycles. The molecular formula is C24H20ClN3O5S2. The third kappa shape index (κ3) is 5.29. The molecule has 0 unspecified atom stereocenters. The van der Waals surface area contributed by atoms with Crippen LogP contribution in [0.15, 0.2) is 71.6 Å². The van der Waals surface area contributed by atoms with Crippen molar-refractivity contribution in [2.75, 3.05) is 19.8 Å². The molecule has 1 amide bonds. The lowest BCUT2D eigenvalue weighted by Crippen LogP contribution is -2.32. The van der Waals surface area contributed by atoms with Gasteiger partial charge in [0.25, 0.3) is 5.91 Å². The van der Waals surface area contributed by atoms with E-state index >= 15 is 0 Å². The molecule has 180 valence electrons. The van der Waals surface area contributed by atoms with E-state index < -0.39 is 28.3 Å². The number of nitrogens with zero attached hydrogens (tertiary/aromatic N) is 3. The van der Waals surface area contributed by atoms with Crippen LogP contribution in [0.1, 0.15) is 10.5 Å². The summed E-state index contributed by atoms with van der Waals surface area (Å²) < 4.78 is 25.5. The molecule has 11 heteroatoms. The lowest BCUT2D eigenvalue weighted by atomic mass is 10.2. The summed E-state index contributed by atoms with van der Waals surface area (Å²) in [6.07, 6.45) is 1.16. The molecule has 4 rings (SSSR count). The van der Waals surface area contributed by atoms with Crippen molar-refractivity contribution < 1.29 is 23.1 Å². The fourth-order valence-electron chi connectivity index (χ4n) is 3.45. The Morgan fingerprint density at radius 3 is 2.46 bits per heavy atom. The van der Waals surface area contributed by atoms with Gasteiger partial charge in [0.15, 0.2) is 15.5 Å². The smallest absolute Gasteiger partial charge is 0.323 e. The maximum atomic E-state index is 12.9. The zero-order valence-electron chi connectivity index (χ0n) is 18.7. The number of aliphatic carboxylic acids is 1. The first-order chi connectivity index (χ1) is 16.5. The van der Waals surface area contributed by atoms with Crippen LogP contribution >= 0.6 is 22.9 Å². The van der Waals surface area contributed by atoms with Crippen LogP contribution < -0.4 is 0 Å². The molecule has 2 heterocycles. The minimum atomic E-state index is -3.36. The van der Waals surface area contributed by atoms with Crippen LogP contribution in [0.3, 0.4) is 0 Å². The second kappa shape index (κ2) is 9.65. The molecule has 0 aliphatic rings. The van der Waals surface area contributed by atoms with Gasteiger partial charge in [0.2, 0.25) is 0 Å². The maximum Gasteiger partial charge on any atom is 0.323 e. The van der Waals surface area contributed by atoms with Gasteiger partial charge < -0.3 is 10.0 Å². The number of halogens is 1. The fraction of sp³-hybridized carbons (Fsp3) is 0.125. The number of aromatic nitrogens is 2. The van der Waals surface area contributed by atoms with Gasteiger partial charge in [0.1, 0.15) is 6.54 Å². The highest BCUT2D eigenvalue weighted by molar-refractivity contribution is 7.90. The molecule has 0 atom stereocenters. The van der Waals surface area contributed by atoms with E-state index in [0.29, 0.717) is 16.4 Å². The van der Waals surface area contributed by atoms with Crippen molar-refractivity contribution in [1.82, 2.24) is 14.7 Å². The van der Waals surface area contributed by atoms with Gasteiger partial charge >= 0.3 is 5.97 Å². The SMILES string of the molecule is CN(CC(=O)O)C(=O)c1cc(-c2ccc(-c3cccc(S(C)(=O)=O)c3)s2)n(-c2ccccc2Cl)n1. The normalized spacial score (nSPS) is 11.4. The number of rotatable bonds is 7. The van der Waals surface area contributed by atoms with E-state index in [-0.39, 0.29) is 10.6 Å². The van der Waals surface area contributed by atoms with Crippen molar-refractivity contribution in [3.8, 4) is 26.7 Å². The predicted molar refractivity (Wildman–Crippen MR) is 135 cm³/mol. The summed E-state index contributed by atoms with van der Waals surface area (Å²) in [4.78, 5) is 26.8. The minimum absolute atomic E-state index is 0.0673. The van der Waals surface area contributed by atoms with E-state index in [4.69, 9.17) is 16.7 Å². The first kappa shape index (κ1) is 24.6. The van der Waals surface area contributed by atoms with Crippen molar-refractivity contribution >= 4 is 44.7 Å². The van der Waals surface area contributed by atoms with Gasteiger partial charge in [-0.2, -0.15) is 5.10 Å². The van der Waals surface area contributed by atoms with E-state index in [9.17, 15) is 18.0 Å². The largest absolute Gasteiger partial charge is 0.480 e. The fourth-order valence-corrected chi connectivity index (χ4v) is 5.34. The van der Waals surface area contributed by atoms with Crippen molar-refractivity contribution in [2.45, 2.75) is 4.90 Å². The standard InChI is InChI=1S/C24H20ClN3O5S2/c1-27(14-23(29)30)24(31)18-13-20(28(26-18)19-9-4-3-8-17(19)25)22-11-10-21(34-22)15-6-5-7-16(12-15)35(2,32)33/h3-13H,14H2,1-2H3,(H,29,30). The maximum absolute atomic E-state index is 12.9. The predicted octanol–water partition coefficient (Wildman–Crippen LogP) is 4.48. The Morgan fingerprint density at radius 1 is 1.06 bits per heavy atom. The Kier molecular flexibility index (Phi) is 6.79. The average molecular weight is 530 g/mol. The second-order valence-electron chi connectivity index (χ2n) is 7.80. The monoisotopic (exact) mass is 529 g/mol. The highest BCUT2D eigenvalue weighted by Crippen LogP contribution is 2.37. The lowest BCUT2D eigenvalue weighted by molar-refractivity contribution is -0.137. The Bertz CT molecular complexity index is 1540. The number of thiophene rings is 1. The van der Waals surface area contributed by atoms with Gasteiger partial charge in [-0.1, -0.05) is 35.9 Å². The van der Waals surface area contributed by atoms with Crippen LogP contribution in [0.5, 0.6) is 0 Å². The molecule has 2 aromatic heterocycles. The number of carbonyl (C=O) groups excluding carboxylic acids is 1. The summed E-state index contributed by atoms with van der Waals surface area (Å²) in [5.41, 5.74) is 1.95. The summed E-state index contributed by atoms with van der Waals surface area (Å²) in [6.45, 7) is -0.465. The van der Waals surface area contributed by atoms with Gasteiger partial charge in [0, 0.05) is 18.2 Å². The van der Waals surface area contributed by atoms with E-state index in [2.05, 4.69) is 5.10 Å². The molecule has 0 fully saturated rings. The van der Waals surface area contributed by atoms with Crippen LogP contribution in [0.4, 0.5) is 0 Å². The molecule has 0 saturated heterocycles. The highest BCUT2D eigenvalue weighted by atomic mass is 35.5. The minimum Gasteiger partial charge on any atom is -0.480 e. The Balaban J connectivity index is 1.81. The third-order valence-electron chi connectivity index (χ3n) is 5.13. The summed E-state index contributed by atoms with van der Waals surface area (Å²) in [7, 11) is -1.97. The van der Waals surface area contributed by atoms with E-state index in [1.165, 1.54) is 18.4 Å². The third-order valence-corrected chi connectivity index (χ3v) is 7.72. The zero-order valence-corrected chi connectivity index (χ0v) is 21.1. The van der Waals surface area contributed by atoms with Crippen molar-refractivity contribution in [1.29, 1.82) is 0 Å². The molecule has 2 aromatic carbocycles. The van der Waals surface area contributed by atoms with Gasteiger partial charge in [-0.05, 0) is 48.0 Å². The molecule has 0 bridgehead atoms. The van der Waals surface area contributed by atoms with Gasteiger partial charge in [-0.3, -0.25) is 9.59 Å². The number of likely N-dealkylation sites (N-methyl/N-ethyl adjacent to an activating group) is 1. The number of benzene rings is 2. The molecule has 0 aliphatic heterocycles. The summed E-state index contributed by atoms with van der Waals surface area (Å²) in [5.74, 6) is -1.68. The molecule has 4 aromatic rings. The summed E-state index contributed by atoms with van der Waals surface area (Å²) in [5, 5.41) is 13.9. The summed E-state index contributed by atoms with van der Waals surface area (Å²) in [6, 6.07) is 19.0. The average Bonchev–Trinajstić information content (AvgIpc) is 3.45. The van der Waals surface area contributed by atoms with Crippen LogP contribution in [0.2, 0.25) is 5.02 Å². The number of amides is 1. The topological polar surface area (TPSA) is 110 Å². The van der Waals surface area contributed by atoms with Crippen LogP contribution in [0.25, 0.3) is 26.7 Å². The zero-order chi connectivity index (χ0) is 25.3. The number of para-hydroxylation sites is 1. The Hall–Kier alpha value is -3.47. The number of carbonyl (C=O) groups is 2. The Labute approximate surface area is 210 Å². The second-order valence-corrected chi connectivity index (χ2v) is 11.3. The van der Waals surface area contributed by atoms with Crippen LogP contribution in [-0.4, -0.2) is 59.9 Å². The van der Waals surface area contributed by atoms with Gasteiger partial charge in [-0.15, -0.1) is 11.3 Å². The van der Waals surface area contributed by atoms with Gasteiger partial charge in [-0.25, -0.2) is 13.1 Å². The Morgan fingerprint density at radius 2 is 1.77 bits per heavy atom. The lowest BCUT2D eigenvalue weighted by Gasteiger charge is -2.12. The number of carboxylic acids is 1. The van der Waals surface area contributed by atoms with Crippen molar-refractivity contribution in [3.63, 3.8) is 0 Å². The number of carboxylic acid groups (broad SMARTS) is 1. The molecule has 0 radical (unpaired) electrons. The first-order valence-electron chi connectivity index (χ1n) is 10.3. The van der Waals surface area contributed by atoms with Crippen LogP contribution in [0, 0.1) is 0 Å². The summed E-state index contributed by atoms with van der Waals surface area (Å²) >= 11 is 7.81. The van der Waals surface area contributed by atoms with Crippen molar-refractivity contribution in [2.24, 2.45) is 0 Å². The number of hydrogen-bond acceptors (Lipinski definition) is 6. The molecular weight excluding hydrogens is 510 g/mol. The first-order valence-corrected chi connectivity index (χ1v) is 13.4. The molecule has 8 nitrogen and oxygen atoms in total. The molecule has 1 N–H and O–H groups in total. The quantitative estimate of drug-likeness (QED) is 0.378. The van der Waals surface area contributed by atoms with Gasteiger partial charge in [0.05, 0.1) is 26.2 Å². The van der Waals surface area contributed by atoms with E-state index in [1.54, 1.807) is 53.2 Å². The molecule has 35 heavy (non-hydrogen) atoms. The molecule has 0 spiro atoms. The highest BCUT2D eigenvalue weighted by Gasteiger charge is 2.23. The van der Waals surface area contributed by atoms with Crippen LogP contribution in [-0.2, 0) is 14.6 Å². The number of sulfone groups is 1. The van der Waals surface area contributed by atoms with Crippen molar-refractivity contribution in [3.05, 3.63) is 77.4 Å².